The van der Waals surface area contributed by atoms with Crippen LogP contribution >= 0.6 is 0 Å². The molecule has 176 valence electrons. The number of carbonyl (C=O) groups is 2. The predicted molar refractivity (Wildman–Crippen MR) is 123 cm³/mol. The van der Waals surface area contributed by atoms with Gasteiger partial charge in [-0.15, -0.1) is 6.42 Å². The third-order valence-electron chi connectivity index (χ3n) is 6.01. The topological polar surface area (TPSA) is 106 Å². The van der Waals surface area contributed by atoms with Gasteiger partial charge >= 0.3 is 0 Å². The molecule has 5 rings (SSSR count). The fourth-order valence-corrected chi connectivity index (χ4v) is 4.32. The van der Waals surface area contributed by atoms with Crippen LogP contribution in [0.5, 0.6) is 11.5 Å². The number of nitrogens with two attached hydrogens (primary N) is 1. The molecule has 0 spiro atoms. The Morgan fingerprint density at radius 2 is 1.97 bits per heavy atom. The van der Waals surface area contributed by atoms with Crippen molar-refractivity contribution in [2.45, 2.75) is 12.3 Å². The van der Waals surface area contributed by atoms with E-state index in [1.165, 1.54) is 10.6 Å². The van der Waals surface area contributed by atoms with E-state index < -0.39 is 17.5 Å². The van der Waals surface area contributed by atoms with Gasteiger partial charge in [0.1, 0.15) is 17.3 Å². The maximum Gasteiger partial charge on any atom is 0.298 e. The molecule has 2 aromatic heterocycles. The number of amides is 2. The normalized spacial score (nSPS) is 15.3. The fourth-order valence-electron chi connectivity index (χ4n) is 4.32. The number of rotatable bonds is 5. The maximum atomic E-state index is 13.9. The summed E-state index contributed by atoms with van der Waals surface area (Å²) in [5.41, 5.74) is 8.16. The number of fused-ring (bicyclic) bond motifs is 1. The van der Waals surface area contributed by atoms with Gasteiger partial charge in [-0.1, -0.05) is 0 Å². The molecule has 2 amide bonds. The van der Waals surface area contributed by atoms with E-state index in [-0.39, 0.29) is 23.3 Å². The summed E-state index contributed by atoms with van der Waals surface area (Å²) in [5.74, 6) is -0.231. The molecule has 1 saturated heterocycles. The highest BCUT2D eigenvalue weighted by Gasteiger charge is 2.31. The lowest BCUT2D eigenvalue weighted by Gasteiger charge is -2.12. The molecule has 3 heterocycles. The van der Waals surface area contributed by atoms with E-state index in [1.807, 2.05) is 0 Å². The number of ether oxygens (including phenoxy) is 1. The Balaban J connectivity index is 1.46. The van der Waals surface area contributed by atoms with Gasteiger partial charge in [0.2, 0.25) is 0 Å². The first-order valence-corrected chi connectivity index (χ1v) is 10.7. The standard InChI is InChI=1S/C25H19F2N5O3/c1-2-21(33)31-10-9-15(13-31)18-12-29-32-23(24(28)34)22(30-25(18)32)14-3-6-17(7-4-14)35-20-8-5-16(26)11-19(20)27/h1,3-8,11-12,15,29H,9-10,13H2,(H2,28,34). The van der Waals surface area contributed by atoms with Gasteiger partial charge in [0.15, 0.2) is 22.9 Å². The summed E-state index contributed by atoms with van der Waals surface area (Å²) in [6, 6.07) is 9.52. The molecule has 1 aliphatic heterocycles. The number of imidazole rings is 1. The number of carbonyl (C=O) groups excluding carboxylic acids is 2. The second kappa shape index (κ2) is 8.61. The van der Waals surface area contributed by atoms with Crippen molar-refractivity contribution in [2.24, 2.45) is 5.73 Å². The fraction of sp³-hybridized carbons (Fsp3) is 0.160. The van der Waals surface area contributed by atoms with Crippen LogP contribution in [0.3, 0.4) is 0 Å². The molecule has 4 aromatic rings. The number of primary amides is 1. The third kappa shape index (κ3) is 3.97. The molecule has 35 heavy (non-hydrogen) atoms. The molecule has 8 nitrogen and oxygen atoms in total. The molecular weight excluding hydrogens is 456 g/mol. The van der Waals surface area contributed by atoms with E-state index in [1.54, 1.807) is 35.4 Å². The van der Waals surface area contributed by atoms with Crippen molar-refractivity contribution in [3.63, 3.8) is 0 Å². The number of likely N-dealkylation sites (tertiary alicyclic amines) is 1. The molecule has 0 saturated carbocycles. The summed E-state index contributed by atoms with van der Waals surface area (Å²) in [4.78, 5) is 30.5. The van der Waals surface area contributed by atoms with Crippen molar-refractivity contribution >= 4 is 17.5 Å². The second-order valence-corrected chi connectivity index (χ2v) is 8.14. The second-order valence-electron chi connectivity index (χ2n) is 8.14. The maximum absolute atomic E-state index is 13.9. The molecule has 1 aliphatic rings. The van der Waals surface area contributed by atoms with Gasteiger partial charge in [0.25, 0.3) is 11.8 Å². The molecule has 1 fully saturated rings. The highest BCUT2D eigenvalue weighted by Crippen LogP contribution is 2.34. The van der Waals surface area contributed by atoms with Crippen LogP contribution in [0, 0.1) is 24.0 Å². The first kappa shape index (κ1) is 22.2. The van der Waals surface area contributed by atoms with Crippen LogP contribution in [0.4, 0.5) is 8.78 Å². The summed E-state index contributed by atoms with van der Waals surface area (Å²) in [6.07, 6.45) is 7.70. The number of benzene rings is 2. The van der Waals surface area contributed by atoms with Crippen LogP contribution < -0.4 is 10.5 Å². The lowest BCUT2D eigenvalue weighted by atomic mass is 10.0. The summed E-state index contributed by atoms with van der Waals surface area (Å²) >= 11 is 0. The summed E-state index contributed by atoms with van der Waals surface area (Å²) in [6.45, 7) is 0.994. The van der Waals surface area contributed by atoms with E-state index in [0.717, 1.165) is 17.7 Å². The zero-order chi connectivity index (χ0) is 24.7. The van der Waals surface area contributed by atoms with Crippen LogP contribution in [-0.4, -0.2) is 44.4 Å². The Morgan fingerprint density at radius 1 is 1.20 bits per heavy atom. The number of hydrogen-bond acceptors (Lipinski definition) is 4. The van der Waals surface area contributed by atoms with Gasteiger partial charge in [0, 0.05) is 42.4 Å². The van der Waals surface area contributed by atoms with Gasteiger partial charge < -0.3 is 15.4 Å². The molecular formula is C25H19F2N5O3. The largest absolute Gasteiger partial charge is 0.454 e. The number of aromatic nitrogens is 3. The SMILES string of the molecule is C#CC(=O)N1CCC(c2c[nH]n3c(C(N)=O)c(-c4ccc(Oc5ccc(F)cc5F)cc4)nc23)C1. The summed E-state index contributed by atoms with van der Waals surface area (Å²) < 4.78 is 34.0. The van der Waals surface area contributed by atoms with Crippen molar-refractivity contribution in [3.05, 3.63) is 71.6 Å². The Bertz CT molecular complexity index is 1500. The van der Waals surface area contributed by atoms with Crippen LogP contribution in [-0.2, 0) is 4.79 Å². The highest BCUT2D eigenvalue weighted by molar-refractivity contribution is 5.98. The number of hydrogen-bond donors (Lipinski definition) is 2. The monoisotopic (exact) mass is 475 g/mol. The Hall–Kier alpha value is -4.65. The predicted octanol–water partition coefficient (Wildman–Crippen LogP) is 3.45. The van der Waals surface area contributed by atoms with E-state index in [0.29, 0.717) is 42.2 Å². The molecule has 2 aromatic carbocycles. The third-order valence-corrected chi connectivity index (χ3v) is 6.01. The van der Waals surface area contributed by atoms with Gasteiger partial charge in [-0.2, -0.15) is 0 Å². The quantitative estimate of drug-likeness (QED) is 0.431. The number of aromatic amines is 1. The van der Waals surface area contributed by atoms with Gasteiger partial charge in [0.05, 0.1) is 0 Å². The minimum Gasteiger partial charge on any atom is -0.454 e. The lowest BCUT2D eigenvalue weighted by molar-refractivity contribution is -0.124. The van der Waals surface area contributed by atoms with Gasteiger partial charge in [-0.3, -0.25) is 14.7 Å². The number of halogens is 2. The molecule has 0 radical (unpaired) electrons. The highest BCUT2D eigenvalue weighted by atomic mass is 19.1. The molecule has 1 unspecified atom stereocenters. The van der Waals surface area contributed by atoms with Crippen LogP contribution in [0.25, 0.3) is 16.9 Å². The average molecular weight is 475 g/mol. The van der Waals surface area contributed by atoms with Crippen molar-refractivity contribution in [2.75, 3.05) is 13.1 Å². The number of H-pyrrole nitrogens is 1. The molecule has 1 atom stereocenters. The van der Waals surface area contributed by atoms with Crippen molar-refractivity contribution < 1.29 is 23.1 Å². The van der Waals surface area contributed by atoms with Gasteiger partial charge in [-0.05, 0) is 48.7 Å². The van der Waals surface area contributed by atoms with Crippen molar-refractivity contribution in [3.8, 4) is 35.1 Å². The Labute approximate surface area is 198 Å². The summed E-state index contributed by atoms with van der Waals surface area (Å²) in [7, 11) is 0. The Morgan fingerprint density at radius 3 is 2.66 bits per heavy atom. The van der Waals surface area contributed by atoms with Crippen LogP contribution in [0.15, 0.2) is 48.7 Å². The zero-order valence-corrected chi connectivity index (χ0v) is 18.3. The number of nitrogens with one attached hydrogen (secondary N) is 1. The van der Waals surface area contributed by atoms with Crippen molar-refractivity contribution in [1.29, 1.82) is 0 Å². The van der Waals surface area contributed by atoms with Crippen molar-refractivity contribution in [1.82, 2.24) is 19.5 Å². The van der Waals surface area contributed by atoms with Crippen LogP contribution in [0.1, 0.15) is 28.4 Å². The van der Waals surface area contributed by atoms with Gasteiger partial charge in [-0.25, -0.2) is 18.3 Å². The molecule has 0 bridgehead atoms. The summed E-state index contributed by atoms with van der Waals surface area (Å²) in [5, 5.41) is 3.03. The minimum atomic E-state index is -0.824. The first-order valence-electron chi connectivity index (χ1n) is 10.7. The average Bonchev–Trinajstić information content (AvgIpc) is 3.56. The Kier molecular flexibility index (Phi) is 5.45. The smallest absolute Gasteiger partial charge is 0.298 e. The number of nitrogens with zero attached hydrogens (tertiary/aromatic N) is 3. The van der Waals surface area contributed by atoms with Crippen LogP contribution in [0.2, 0.25) is 0 Å². The molecule has 0 aliphatic carbocycles. The van der Waals surface area contributed by atoms with E-state index >= 15 is 0 Å². The minimum absolute atomic E-state index is 0.00147. The van der Waals surface area contributed by atoms with E-state index in [9.17, 15) is 18.4 Å². The zero-order valence-electron chi connectivity index (χ0n) is 18.3. The first-order chi connectivity index (χ1) is 16.9. The van der Waals surface area contributed by atoms with E-state index in [4.69, 9.17) is 16.9 Å². The number of terminal acetylenes is 1. The lowest BCUT2D eigenvalue weighted by Crippen LogP contribution is -2.26. The molecule has 3 N–H and O–H groups in total. The molecule has 10 heteroatoms. The van der Waals surface area contributed by atoms with E-state index in [2.05, 4.69) is 16.0 Å².